The maximum Gasteiger partial charge on any atom is 0.322 e. The fourth-order valence-electron chi connectivity index (χ4n) is 1.70. The first-order chi connectivity index (χ1) is 9.22. The van der Waals surface area contributed by atoms with Gasteiger partial charge in [-0.3, -0.25) is 0 Å². The van der Waals surface area contributed by atoms with E-state index in [4.69, 9.17) is 10.5 Å². The second kappa shape index (κ2) is 4.85. The van der Waals surface area contributed by atoms with Crippen molar-refractivity contribution in [2.45, 2.75) is 0 Å². The zero-order chi connectivity index (χ0) is 13.2. The quantitative estimate of drug-likeness (QED) is 0.731. The first-order valence-electron chi connectivity index (χ1n) is 5.67. The van der Waals surface area contributed by atoms with Crippen LogP contribution in [0, 0.1) is 0 Å². The predicted molar refractivity (Wildman–Crippen MR) is 78.2 cm³/mol. The summed E-state index contributed by atoms with van der Waals surface area (Å²) in [7, 11) is 0. The van der Waals surface area contributed by atoms with Crippen molar-refractivity contribution in [2.75, 3.05) is 5.73 Å². The van der Waals surface area contributed by atoms with Crippen LogP contribution in [0.3, 0.4) is 0 Å². The van der Waals surface area contributed by atoms with Crippen LogP contribution in [0.2, 0.25) is 0 Å². The molecule has 5 heteroatoms. The summed E-state index contributed by atoms with van der Waals surface area (Å²) in [5.74, 6) is 0.593. The summed E-state index contributed by atoms with van der Waals surface area (Å²) in [5.41, 5.74) is 7.19. The summed E-state index contributed by atoms with van der Waals surface area (Å²) in [6.07, 6.45) is 1.73. The molecule has 0 amide bonds. The van der Waals surface area contributed by atoms with Crippen molar-refractivity contribution in [3.05, 3.63) is 53.1 Å². The van der Waals surface area contributed by atoms with Crippen LogP contribution in [0.4, 0.5) is 5.69 Å². The minimum Gasteiger partial charge on any atom is -0.423 e. The molecule has 0 aliphatic carbocycles. The summed E-state index contributed by atoms with van der Waals surface area (Å²) < 4.78 is 6.45. The number of hydrogen-bond acceptors (Lipinski definition) is 4. The van der Waals surface area contributed by atoms with Crippen LogP contribution < -0.4 is 10.5 Å². The van der Waals surface area contributed by atoms with E-state index >= 15 is 0 Å². The standard InChI is InChI=1S/C14H10BrN3O/c15-11-6-5-10(16)7-13(11)19-14-17-8-9-3-1-2-4-12(9)18-14/h1-8H,16H2. The molecule has 0 unspecified atom stereocenters. The highest BCUT2D eigenvalue weighted by Gasteiger charge is 2.06. The van der Waals surface area contributed by atoms with Gasteiger partial charge in [0.15, 0.2) is 0 Å². The van der Waals surface area contributed by atoms with Gasteiger partial charge >= 0.3 is 6.01 Å². The lowest BCUT2D eigenvalue weighted by Gasteiger charge is -2.07. The smallest absolute Gasteiger partial charge is 0.322 e. The molecule has 94 valence electrons. The van der Waals surface area contributed by atoms with Gasteiger partial charge in [-0.25, -0.2) is 4.98 Å². The number of benzene rings is 2. The maximum absolute atomic E-state index is 5.73. The minimum atomic E-state index is 0.296. The van der Waals surface area contributed by atoms with E-state index in [1.54, 1.807) is 18.3 Å². The molecule has 0 saturated heterocycles. The van der Waals surface area contributed by atoms with Crippen LogP contribution >= 0.6 is 15.9 Å². The molecule has 2 N–H and O–H groups in total. The molecule has 4 nitrogen and oxygen atoms in total. The number of nitrogen functional groups attached to an aromatic ring is 1. The molecular formula is C14H10BrN3O. The second-order valence-electron chi connectivity index (χ2n) is 4.00. The molecule has 1 aromatic heterocycles. The fraction of sp³-hybridized carbons (Fsp3) is 0. The highest BCUT2D eigenvalue weighted by atomic mass is 79.9. The predicted octanol–water partition coefficient (Wildman–Crippen LogP) is 3.77. The van der Waals surface area contributed by atoms with Gasteiger partial charge in [0.2, 0.25) is 0 Å². The molecule has 3 rings (SSSR count). The van der Waals surface area contributed by atoms with Gasteiger partial charge in [-0.05, 0) is 34.1 Å². The summed E-state index contributed by atoms with van der Waals surface area (Å²) >= 11 is 3.40. The van der Waals surface area contributed by atoms with Crippen LogP contribution in [0.5, 0.6) is 11.8 Å². The maximum atomic E-state index is 5.73. The van der Waals surface area contributed by atoms with Crippen LogP contribution in [-0.4, -0.2) is 9.97 Å². The van der Waals surface area contributed by atoms with E-state index in [2.05, 4.69) is 25.9 Å². The molecule has 3 aromatic rings. The lowest BCUT2D eigenvalue weighted by molar-refractivity contribution is 0.442. The summed E-state index contributed by atoms with van der Waals surface area (Å²) in [6.45, 7) is 0. The van der Waals surface area contributed by atoms with E-state index in [0.29, 0.717) is 17.4 Å². The lowest BCUT2D eigenvalue weighted by Crippen LogP contribution is -1.94. The number of nitrogens with zero attached hydrogens (tertiary/aromatic N) is 2. The number of hydrogen-bond donors (Lipinski definition) is 1. The molecule has 1 heterocycles. The van der Waals surface area contributed by atoms with E-state index in [0.717, 1.165) is 15.4 Å². The van der Waals surface area contributed by atoms with Crippen LogP contribution in [0.25, 0.3) is 10.9 Å². The minimum absolute atomic E-state index is 0.296. The average molecular weight is 316 g/mol. The Balaban J connectivity index is 1.98. The molecule has 0 aliphatic heterocycles. The molecule has 0 aliphatic rings. The molecule has 0 saturated carbocycles. The molecular weight excluding hydrogens is 306 g/mol. The first kappa shape index (κ1) is 11.9. The van der Waals surface area contributed by atoms with E-state index in [1.807, 2.05) is 30.3 Å². The molecule has 0 bridgehead atoms. The van der Waals surface area contributed by atoms with Crippen LogP contribution in [-0.2, 0) is 0 Å². The summed E-state index contributed by atoms with van der Waals surface area (Å²) in [4.78, 5) is 8.52. The number of nitrogens with two attached hydrogens (primary N) is 1. The molecule has 19 heavy (non-hydrogen) atoms. The Morgan fingerprint density at radius 1 is 1.11 bits per heavy atom. The van der Waals surface area contributed by atoms with Gasteiger partial charge in [0, 0.05) is 23.3 Å². The van der Waals surface area contributed by atoms with Gasteiger partial charge < -0.3 is 10.5 Å². The molecule has 0 atom stereocenters. The van der Waals surface area contributed by atoms with Gasteiger partial charge in [-0.15, -0.1) is 0 Å². The third-order valence-corrected chi connectivity index (χ3v) is 3.28. The molecule has 2 aromatic carbocycles. The normalized spacial score (nSPS) is 10.6. The van der Waals surface area contributed by atoms with E-state index < -0.39 is 0 Å². The third-order valence-electron chi connectivity index (χ3n) is 2.62. The number of ether oxygens (including phenoxy) is 1. The number of halogens is 1. The van der Waals surface area contributed by atoms with Crippen molar-refractivity contribution in [3.63, 3.8) is 0 Å². The number of para-hydroxylation sites is 1. The number of rotatable bonds is 2. The zero-order valence-electron chi connectivity index (χ0n) is 9.88. The van der Waals surface area contributed by atoms with Crippen molar-refractivity contribution < 1.29 is 4.74 Å². The molecule has 0 fully saturated rings. The van der Waals surface area contributed by atoms with E-state index in [-0.39, 0.29) is 0 Å². The van der Waals surface area contributed by atoms with Gasteiger partial charge in [-0.2, -0.15) is 4.98 Å². The summed E-state index contributed by atoms with van der Waals surface area (Å²) in [6, 6.07) is 13.4. The lowest BCUT2D eigenvalue weighted by atomic mass is 10.2. The Kier molecular flexibility index (Phi) is 3.05. The van der Waals surface area contributed by atoms with Gasteiger partial charge in [0.05, 0.1) is 9.99 Å². The zero-order valence-corrected chi connectivity index (χ0v) is 11.5. The van der Waals surface area contributed by atoms with Gasteiger partial charge in [-0.1, -0.05) is 18.2 Å². The Morgan fingerprint density at radius 2 is 1.95 bits per heavy atom. The summed E-state index contributed by atoms with van der Waals surface area (Å²) in [5, 5.41) is 0.974. The number of aromatic nitrogens is 2. The average Bonchev–Trinajstić information content (AvgIpc) is 2.43. The molecule has 0 spiro atoms. The van der Waals surface area contributed by atoms with Crippen LogP contribution in [0.1, 0.15) is 0 Å². The van der Waals surface area contributed by atoms with E-state index in [9.17, 15) is 0 Å². The van der Waals surface area contributed by atoms with Crippen molar-refractivity contribution >= 4 is 32.5 Å². The first-order valence-corrected chi connectivity index (χ1v) is 6.46. The third kappa shape index (κ3) is 2.51. The number of anilines is 1. The van der Waals surface area contributed by atoms with Crippen LogP contribution in [0.15, 0.2) is 53.1 Å². The fourth-order valence-corrected chi connectivity index (χ4v) is 2.03. The topological polar surface area (TPSA) is 61.0 Å². The monoisotopic (exact) mass is 315 g/mol. The van der Waals surface area contributed by atoms with Crippen molar-refractivity contribution in [1.29, 1.82) is 0 Å². The molecule has 0 radical (unpaired) electrons. The van der Waals surface area contributed by atoms with Gasteiger partial charge in [0.1, 0.15) is 5.75 Å². The highest BCUT2D eigenvalue weighted by Crippen LogP contribution is 2.30. The Labute approximate surface area is 118 Å². The Morgan fingerprint density at radius 3 is 2.84 bits per heavy atom. The van der Waals surface area contributed by atoms with Crippen molar-refractivity contribution in [2.24, 2.45) is 0 Å². The Bertz CT molecular complexity index is 746. The van der Waals surface area contributed by atoms with Crippen molar-refractivity contribution in [3.8, 4) is 11.8 Å². The number of fused-ring (bicyclic) bond motifs is 1. The Hall–Kier alpha value is -2.14. The van der Waals surface area contributed by atoms with E-state index in [1.165, 1.54) is 0 Å². The van der Waals surface area contributed by atoms with Crippen molar-refractivity contribution in [1.82, 2.24) is 9.97 Å². The second-order valence-corrected chi connectivity index (χ2v) is 4.86. The highest BCUT2D eigenvalue weighted by molar-refractivity contribution is 9.10. The SMILES string of the molecule is Nc1ccc(Br)c(Oc2ncc3ccccc3n2)c1. The largest absolute Gasteiger partial charge is 0.423 e. The van der Waals surface area contributed by atoms with Gasteiger partial charge in [0.25, 0.3) is 0 Å².